The van der Waals surface area contributed by atoms with E-state index >= 15 is 0 Å². The summed E-state index contributed by atoms with van der Waals surface area (Å²) in [4.78, 5) is 36.3. The number of nitrogens with zero attached hydrogens (tertiary/aromatic N) is 1. The van der Waals surface area contributed by atoms with Crippen molar-refractivity contribution in [2.24, 2.45) is 0 Å². The number of Topliss-reactive ketones (excluding diaryl/α,β-unsaturated/α-hetero) is 1. The van der Waals surface area contributed by atoms with Crippen molar-refractivity contribution in [2.75, 3.05) is 6.54 Å². The van der Waals surface area contributed by atoms with Crippen LogP contribution in [0.1, 0.15) is 19.4 Å². The van der Waals surface area contributed by atoms with Crippen LogP contribution in [0.25, 0.3) is 6.08 Å². The number of hydrogen-bond donors (Lipinski definition) is 1. The van der Waals surface area contributed by atoms with Gasteiger partial charge in [0.1, 0.15) is 5.82 Å². The van der Waals surface area contributed by atoms with E-state index in [0.717, 1.165) is 4.90 Å². The molecule has 0 heterocycles. The van der Waals surface area contributed by atoms with Crippen molar-refractivity contribution in [1.82, 2.24) is 4.90 Å². The molecule has 1 rings (SSSR count). The Labute approximate surface area is 133 Å². The molecule has 2 amide bonds. The Morgan fingerprint density at radius 2 is 1.91 bits per heavy atom. The van der Waals surface area contributed by atoms with Gasteiger partial charge in [-0.1, -0.05) is 30.4 Å². The van der Waals surface area contributed by atoms with Crippen molar-refractivity contribution in [1.29, 1.82) is 5.41 Å². The third-order valence-electron chi connectivity index (χ3n) is 3.01. The summed E-state index contributed by atoms with van der Waals surface area (Å²) in [6.07, 6.45) is 4.40. The van der Waals surface area contributed by atoms with Crippen LogP contribution in [0.15, 0.2) is 42.0 Å². The highest BCUT2D eigenvalue weighted by molar-refractivity contribution is 6.43. The maximum Gasteiger partial charge on any atom is 0.264 e. The molecule has 6 heteroatoms. The number of carbonyl (C=O) groups excluding carboxylic acids is 3. The molecule has 0 aliphatic carbocycles. The van der Waals surface area contributed by atoms with Gasteiger partial charge >= 0.3 is 0 Å². The molecule has 1 N–H and O–H groups in total. The molecule has 0 bridgehead atoms. The second kappa shape index (κ2) is 8.53. The Morgan fingerprint density at radius 1 is 1.26 bits per heavy atom. The molecule has 0 spiro atoms. The minimum atomic E-state index is -0.826. The average molecular weight is 316 g/mol. The van der Waals surface area contributed by atoms with Gasteiger partial charge < -0.3 is 5.41 Å². The van der Waals surface area contributed by atoms with Gasteiger partial charge in [0.2, 0.25) is 11.7 Å². The van der Waals surface area contributed by atoms with Gasteiger partial charge in [-0.2, -0.15) is 0 Å². The third-order valence-corrected chi connectivity index (χ3v) is 3.01. The summed E-state index contributed by atoms with van der Waals surface area (Å²) in [5.74, 6) is -2.55. The summed E-state index contributed by atoms with van der Waals surface area (Å²) < 4.78 is 13.5. The van der Waals surface area contributed by atoms with E-state index in [2.05, 4.69) is 0 Å². The molecule has 0 atom stereocenters. The van der Waals surface area contributed by atoms with E-state index in [1.165, 1.54) is 37.3 Å². The second-order valence-electron chi connectivity index (χ2n) is 4.54. The Hall–Kier alpha value is -2.89. The highest BCUT2D eigenvalue weighted by Crippen LogP contribution is 2.10. The van der Waals surface area contributed by atoms with Crippen molar-refractivity contribution in [3.8, 4) is 0 Å². The van der Waals surface area contributed by atoms with Crippen LogP contribution in [0, 0.1) is 11.2 Å². The molecule has 5 nitrogen and oxygen atoms in total. The number of ketones is 1. The monoisotopic (exact) mass is 316 g/mol. The molecule has 0 aromatic heterocycles. The van der Waals surface area contributed by atoms with Crippen LogP contribution in [0.4, 0.5) is 4.39 Å². The minimum Gasteiger partial charge on any atom is -0.305 e. The average Bonchev–Trinajstić information content (AvgIpc) is 2.52. The van der Waals surface area contributed by atoms with Crippen molar-refractivity contribution >= 4 is 29.9 Å². The van der Waals surface area contributed by atoms with Crippen LogP contribution >= 0.6 is 0 Å². The van der Waals surface area contributed by atoms with Crippen LogP contribution in [-0.2, 0) is 14.4 Å². The topological polar surface area (TPSA) is 78.3 Å². The summed E-state index contributed by atoms with van der Waals surface area (Å²) in [6, 6.07) is 6.01. The van der Waals surface area contributed by atoms with Crippen LogP contribution in [-0.4, -0.2) is 35.3 Å². The Kier molecular flexibility index (Phi) is 6.73. The fraction of sp³-hybridized carbons (Fsp3) is 0.176. The molecule has 0 saturated heterocycles. The van der Waals surface area contributed by atoms with Crippen molar-refractivity contribution in [3.63, 3.8) is 0 Å². The normalized spacial score (nSPS) is 11.3. The fourth-order valence-corrected chi connectivity index (χ4v) is 1.85. The predicted octanol–water partition coefficient (Wildman–Crippen LogP) is 2.38. The predicted molar refractivity (Wildman–Crippen MR) is 85.4 cm³/mol. The van der Waals surface area contributed by atoms with Crippen molar-refractivity contribution < 1.29 is 18.8 Å². The van der Waals surface area contributed by atoms with Crippen LogP contribution in [0.2, 0.25) is 0 Å². The number of carbonyl (C=O) groups is 3. The fourth-order valence-electron chi connectivity index (χ4n) is 1.85. The number of amides is 2. The van der Waals surface area contributed by atoms with Gasteiger partial charge in [-0.3, -0.25) is 19.3 Å². The van der Waals surface area contributed by atoms with Gasteiger partial charge in [-0.05, 0) is 19.1 Å². The van der Waals surface area contributed by atoms with Gasteiger partial charge in [-0.25, -0.2) is 4.39 Å². The van der Waals surface area contributed by atoms with Gasteiger partial charge in [0.05, 0.1) is 11.8 Å². The Balaban J connectivity index is 3.14. The van der Waals surface area contributed by atoms with E-state index in [1.54, 1.807) is 19.1 Å². The molecule has 0 unspecified atom stereocenters. The molecule has 0 saturated carbocycles. The number of halogens is 1. The first kappa shape index (κ1) is 18.2. The Morgan fingerprint density at radius 3 is 2.43 bits per heavy atom. The van der Waals surface area contributed by atoms with Crippen LogP contribution < -0.4 is 0 Å². The van der Waals surface area contributed by atoms with Crippen molar-refractivity contribution in [3.05, 3.63) is 53.4 Å². The smallest absolute Gasteiger partial charge is 0.264 e. The summed E-state index contributed by atoms with van der Waals surface area (Å²) >= 11 is 0. The molecule has 0 aliphatic rings. The number of nitrogens with one attached hydrogen (secondary N) is 1. The number of imide groups is 1. The quantitative estimate of drug-likeness (QED) is 0.288. The molecule has 0 radical (unpaired) electrons. The maximum absolute atomic E-state index is 13.5. The minimum absolute atomic E-state index is 0.105. The highest BCUT2D eigenvalue weighted by atomic mass is 19.1. The van der Waals surface area contributed by atoms with Gasteiger partial charge in [0.25, 0.3) is 5.91 Å². The highest BCUT2D eigenvalue weighted by Gasteiger charge is 2.23. The van der Waals surface area contributed by atoms with E-state index in [1.807, 2.05) is 0 Å². The molecule has 1 aromatic carbocycles. The molecule has 120 valence electrons. The van der Waals surface area contributed by atoms with E-state index in [4.69, 9.17) is 5.41 Å². The number of benzene rings is 1. The second-order valence-corrected chi connectivity index (χ2v) is 4.54. The number of likely N-dealkylation sites (N-methyl/N-ethyl adjacent to an activating group) is 1. The van der Waals surface area contributed by atoms with E-state index in [9.17, 15) is 18.8 Å². The van der Waals surface area contributed by atoms with Gasteiger partial charge in [0.15, 0.2) is 0 Å². The molecule has 0 fully saturated rings. The summed E-state index contributed by atoms with van der Waals surface area (Å²) in [5.41, 5.74) is -0.0404. The number of hydrogen-bond acceptors (Lipinski definition) is 4. The first-order chi connectivity index (χ1) is 10.9. The zero-order valence-electron chi connectivity index (χ0n) is 12.9. The molecule has 0 aliphatic heterocycles. The largest absolute Gasteiger partial charge is 0.305 e. The first-order valence-corrected chi connectivity index (χ1v) is 6.92. The molecule has 23 heavy (non-hydrogen) atoms. The molecular formula is C17H17FN2O3. The third kappa shape index (κ3) is 4.81. The lowest BCUT2D eigenvalue weighted by Crippen LogP contribution is -2.37. The molecular weight excluding hydrogens is 299 g/mol. The standard InChI is InChI=1S/C17H17FN2O3/c1-3-20(12(2)21)17(23)14(16(22)11-19)9-6-8-13-7-4-5-10-15(13)18/h4-11,19H,3H2,1-2H3/b8-6+,14-9+,19-11?. The van der Waals surface area contributed by atoms with Gasteiger partial charge in [0, 0.05) is 19.0 Å². The lowest BCUT2D eigenvalue weighted by Gasteiger charge is -2.17. The van der Waals surface area contributed by atoms with E-state index < -0.39 is 23.4 Å². The van der Waals surface area contributed by atoms with Crippen LogP contribution in [0.5, 0.6) is 0 Å². The lowest BCUT2D eigenvalue weighted by atomic mass is 10.1. The first-order valence-electron chi connectivity index (χ1n) is 6.92. The maximum atomic E-state index is 13.5. The SMILES string of the molecule is CCN(C(C)=O)C(=O)/C(=C/C=C/c1ccccc1F)C(=O)C=N. The summed E-state index contributed by atoms with van der Waals surface area (Å²) in [6.45, 7) is 2.91. The number of rotatable bonds is 6. The number of allylic oxidation sites excluding steroid dienone is 2. The van der Waals surface area contributed by atoms with Crippen molar-refractivity contribution in [2.45, 2.75) is 13.8 Å². The van der Waals surface area contributed by atoms with Crippen LogP contribution in [0.3, 0.4) is 0 Å². The zero-order valence-corrected chi connectivity index (χ0v) is 12.9. The molecule has 1 aromatic rings. The lowest BCUT2D eigenvalue weighted by molar-refractivity contribution is -0.141. The Bertz CT molecular complexity index is 693. The van der Waals surface area contributed by atoms with Gasteiger partial charge in [-0.15, -0.1) is 0 Å². The summed E-state index contributed by atoms with van der Waals surface area (Å²) in [5, 5.41) is 7.02. The summed E-state index contributed by atoms with van der Waals surface area (Å²) in [7, 11) is 0. The zero-order chi connectivity index (χ0) is 17.4. The van der Waals surface area contributed by atoms with E-state index in [0.29, 0.717) is 6.21 Å². The van der Waals surface area contributed by atoms with E-state index in [-0.39, 0.29) is 17.7 Å².